The van der Waals surface area contributed by atoms with E-state index in [9.17, 15) is 4.79 Å². The molecule has 3 heteroatoms. The molecule has 0 aliphatic rings. The Balaban J connectivity index is 2.99. The predicted molar refractivity (Wildman–Crippen MR) is 68.3 cm³/mol. The molecular formula is C13H20N2O. The number of anilines is 2. The number of carbonyl (C=O) groups is 1. The molecular weight excluding hydrogens is 200 g/mol. The second-order valence-corrected chi connectivity index (χ2v) is 4.89. The largest absolute Gasteiger partial charge is 0.399 e. The van der Waals surface area contributed by atoms with Crippen LogP contribution in [0.4, 0.5) is 11.4 Å². The van der Waals surface area contributed by atoms with E-state index >= 15 is 0 Å². The number of hydrogen-bond donors (Lipinski definition) is 1. The van der Waals surface area contributed by atoms with Gasteiger partial charge >= 0.3 is 0 Å². The maximum absolute atomic E-state index is 12.2. The van der Waals surface area contributed by atoms with Crippen LogP contribution in [0.3, 0.4) is 0 Å². The van der Waals surface area contributed by atoms with Crippen molar-refractivity contribution in [2.45, 2.75) is 27.7 Å². The molecule has 0 aliphatic heterocycles. The van der Waals surface area contributed by atoms with Crippen molar-refractivity contribution in [3.63, 3.8) is 0 Å². The Hall–Kier alpha value is -1.51. The van der Waals surface area contributed by atoms with Crippen molar-refractivity contribution in [3.05, 3.63) is 24.3 Å². The van der Waals surface area contributed by atoms with E-state index in [1.165, 1.54) is 0 Å². The quantitative estimate of drug-likeness (QED) is 0.779. The summed E-state index contributed by atoms with van der Waals surface area (Å²) in [6.07, 6.45) is 0. The van der Waals surface area contributed by atoms with E-state index in [1.54, 1.807) is 4.90 Å². The van der Waals surface area contributed by atoms with Crippen LogP contribution in [0.5, 0.6) is 0 Å². The second kappa shape index (κ2) is 4.56. The number of hydrogen-bond acceptors (Lipinski definition) is 2. The van der Waals surface area contributed by atoms with Crippen LogP contribution in [0.15, 0.2) is 24.3 Å². The van der Waals surface area contributed by atoms with Crippen LogP contribution < -0.4 is 10.6 Å². The van der Waals surface area contributed by atoms with E-state index in [4.69, 9.17) is 5.73 Å². The SMILES string of the molecule is CCN(C(=O)C(C)(C)C)c1ccc(N)cc1. The molecule has 0 atom stereocenters. The lowest BCUT2D eigenvalue weighted by atomic mass is 9.94. The average molecular weight is 220 g/mol. The van der Waals surface area contributed by atoms with Crippen LogP contribution in [-0.2, 0) is 4.79 Å². The summed E-state index contributed by atoms with van der Waals surface area (Å²) in [6.45, 7) is 8.42. The molecule has 1 amide bonds. The Morgan fingerprint density at radius 3 is 2.12 bits per heavy atom. The summed E-state index contributed by atoms with van der Waals surface area (Å²) in [6, 6.07) is 7.38. The molecule has 16 heavy (non-hydrogen) atoms. The van der Waals surface area contributed by atoms with Crippen molar-refractivity contribution in [1.82, 2.24) is 0 Å². The highest BCUT2D eigenvalue weighted by Crippen LogP contribution is 2.23. The van der Waals surface area contributed by atoms with Crippen molar-refractivity contribution in [1.29, 1.82) is 0 Å². The molecule has 0 bridgehead atoms. The van der Waals surface area contributed by atoms with E-state index in [1.807, 2.05) is 52.0 Å². The number of amides is 1. The Kier molecular flexibility index (Phi) is 3.58. The van der Waals surface area contributed by atoms with Gasteiger partial charge in [0.2, 0.25) is 5.91 Å². The lowest BCUT2D eigenvalue weighted by Crippen LogP contribution is -2.39. The second-order valence-electron chi connectivity index (χ2n) is 4.89. The van der Waals surface area contributed by atoms with Crippen LogP contribution in [0.2, 0.25) is 0 Å². The van der Waals surface area contributed by atoms with Crippen LogP contribution in [0.25, 0.3) is 0 Å². The zero-order chi connectivity index (χ0) is 12.3. The van der Waals surface area contributed by atoms with Crippen molar-refractivity contribution in [2.75, 3.05) is 17.2 Å². The van der Waals surface area contributed by atoms with E-state index in [2.05, 4.69) is 0 Å². The molecule has 0 radical (unpaired) electrons. The number of benzene rings is 1. The Morgan fingerprint density at radius 1 is 1.25 bits per heavy atom. The summed E-state index contributed by atoms with van der Waals surface area (Å²) in [5, 5.41) is 0. The van der Waals surface area contributed by atoms with Crippen molar-refractivity contribution >= 4 is 17.3 Å². The fraction of sp³-hybridized carbons (Fsp3) is 0.462. The maximum Gasteiger partial charge on any atom is 0.232 e. The number of nitrogen functional groups attached to an aromatic ring is 1. The zero-order valence-corrected chi connectivity index (χ0v) is 10.4. The lowest BCUT2D eigenvalue weighted by molar-refractivity contribution is -0.125. The summed E-state index contributed by atoms with van der Waals surface area (Å²) < 4.78 is 0. The molecule has 0 aliphatic carbocycles. The molecule has 0 saturated carbocycles. The highest BCUT2D eigenvalue weighted by molar-refractivity contribution is 5.96. The molecule has 1 aromatic carbocycles. The minimum absolute atomic E-state index is 0.125. The highest BCUT2D eigenvalue weighted by Gasteiger charge is 2.27. The van der Waals surface area contributed by atoms with Crippen LogP contribution >= 0.6 is 0 Å². The summed E-state index contributed by atoms with van der Waals surface area (Å²) in [5.41, 5.74) is 6.87. The number of carbonyl (C=O) groups excluding carboxylic acids is 1. The van der Waals surface area contributed by atoms with Gasteiger partial charge in [-0.05, 0) is 31.2 Å². The van der Waals surface area contributed by atoms with Gasteiger partial charge in [-0.1, -0.05) is 20.8 Å². The molecule has 3 nitrogen and oxygen atoms in total. The molecule has 2 N–H and O–H groups in total. The van der Waals surface area contributed by atoms with Gasteiger partial charge in [0.1, 0.15) is 0 Å². The number of rotatable bonds is 2. The van der Waals surface area contributed by atoms with Gasteiger partial charge in [0.05, 0.1) is 0 Å². The summed E-state index contributed by atoms with van der Waals surface area (Å²) in [5.74, 6) is 0.125. The van der Waals surface area contributed by atoms with Crippen LogP contribution in [0.1, 0.15) is 27.7 Å². The van der Waals surface area contributed by atoms with Gasteiger partial charge in [-0.2, -0.15) is 0 Å². The van der Waals surface area contributed by atoms with Crippen LogP contribution in [-0.4, -0.2) is 12.5 Å². The summed E-state index contributed by atoms with van der Waals surface area (Å²) >= 11 is 0. The van der Waals surface area contributed by atoms with Gasteiger partial charge in [0.25, 0.3) is 0 Å². The van der Waals surface area contributed by atoms with Crippen molar-refractivity contribution in [3.8, 4) is 0 Å². The Labute approximate surface area is 97.2 Å². The normalized spacial score (nSPS) is 11.2. The van der Waals surface area contributed by atoms with E-state index in [0.717, 1.165) is 5.69 Å². The van der Waals surface area contributed by atoms with Gasteiger partial charge in [-0.3, -0.25) is 4.79 Å². The average Bonchev–Trinajstić information content (AvgIpc) is 2.20. The van der Waals surface area contributed by atoms with Gasteiger partial charge < -0.3 is 10.6 Å². The van der Waals surface area contributed by atoms with Gasteiger partial charge in [-0.25, -0.2) is 0 Å². The fourth-order valence-corrected chi connectivity index (χ4v) is 1.50. The fourth-order valence-electron chi connectivity index (χ4n) is 1.50. The molecule has 0 aromatic heterocycles. The van der Waals surface area contributed by atoms with Crippen LogP contribution in [0, 0.1) is 5.41 Å². The molecule has 0 saturated heterocycles. The molecule has 0 unspecified atom stereocenters. The van der Waals surface area contributed by atoms with E-state index in [0.29, 0.717) is 12.2 Å². The lowest BCUT2D eigenvalue weighted by Gasteiger charge is -2.28. The summed E-state index contributed by atoms with van der Waals surface area (Å²) in [4.78, 5) is 14.0. The smallest absolute Gasteiger partial charge is 0.232 e. The third-order valence-corrected chi connectivity index (χ3v) is 2.41. The number of nitrogens with two attached hydrogens (primary N) is 1. The molecule has 0 fully saturated rings. The first kappa shape index (κ1) is 12.6. The first-order valence-electron chi connectivity index (χ1n) is 5.53. The van der Waals surface area contributed by atoms with Gasteiger partial charge in [-0.15, -0.1) is 0 Å². The Morgan fingerprint density at radius 2 is 1.75 bits per heavy atom. The molecule has 0 heterocycles. The van der Waals surface area contributed by atoms with Crippen molar-refractivity contribution in [2.24, 2.45) is 5.41 Å². The highest BCUT2D eigenvalue weighted by atomic mass is 16.2. The minimum Gasteiger partial charge on any atom is -0.399 e. The molecule has 0 spiro atoms. The standard InChI is InChI=1S/C13H20N2O/c1-5-15(12(16)13(2,3)4)11-8-6-10(14)7-9-11/h6-9H,5,14H2,1-4H3. The zero-order valence-electron chi connectivity index (χ0n) is 10.4. The minimum atomic E-state index is -0.364. The third kappa shape index (κ3) is 2.75. The monoisotopic (exact) mass is 220 g/mol. The molecule has 1 aromatic rings. The summed E-state index contributed by atoms with van der Waals surface area (Å²) in [7, 11) is 0. The van der Waals surface area contributed by atoms with E-state index in [-0.39, 0.29) is 11.3 Å². The van der Waals surface area contributed by atoms with E-state index < -0.39 is 0 Å². The van der Waals surface area contributed by atoms with Gasteiger partial charge in [0, 0.05) is 23.3 Å². The van der Waals surface area contributed by atoms with Crippen molar-refractivity contribution < 1.29 is 4.79 Å². The first-order valence-corrected chi connectivity index (χ1v) is 5.53. The number of nitrogens with zero attached hydrogens (tertiary/aromatic N) is 1. The molecule has 88 valence electrons. The molecule has 1 rings (SSSR count). The third-order valence-electron chi connectivity index (χ3n) is 2.41. The Bertz CT molecular complexity index is 363. The maximum atomic E-state index is 12.2. The topological polar surface area (TPSA) is 46.3 Å². The predicted octanol–water partition coefficient (Wildman–Crippen LogP) is 2.67. The van der Waals surface area contributed by atoms with Gasteiger partial charge in [0.15, 0.2) is 0 Å². The first-order chi connectivity index (χ1) is 7.36.